The average Bonchev–Trinajstić information content (AvgIpc) is 3.23. The molecule has 0 bridgehead atoms. The molecule has 0 spiro atoms. The molecule has 0 unspecified atom stereocenters. The lowest BCUT2D eigenvalue weighted by atomic mass is 9.99. The summed E-state index contributed by atoms with van der Waals surface area (Å²) in [5, 5.41) is 12.2. The summed E-state index contributed by atoms with van der Waals surface area (Å²) in [6, 6.07) is 12.4. The summed E-state index contributed by atoms with van der Waals surface area (Å²) in [5.74, 6) is 0.557. The lowest BCUT2D eigenvalue weighted by molar-refractivity contribution is -0.137. The van der Waals surface area contributed by atoms with Crippen LogP contribution in [0.25, 0.3) is 6.08 Å². The first-order valence-corrected chi connectivity index (χ1v) is 9.48. The van der Waals surface area contributed by atoms with Crippen molar-refractivity contribution in [2.24, 2.45) is 0 Å². The predicted octanol–water partition coefficient (Wildman–Crippen LogP) is 1.49. The third-order valence-corrected chi connectivity index (χ3v) is 5.06. The molecule has 0 aliphatic carbocycles. The molecule has 4 rings (SSSR count). The molecule has 7 heteroatoms. The fourth-order valence-electron chi connectivity index (χ4n) is 3.50. The van der Waals surface area contributed by atoms with E-state index in [2.05, 4.69) is 11.4 Å². The Bertz CT molecular complexity index is 956. The fraction of sp³-hybridized carbons (Fsp3) is 0.273. The molecule has 2 aromatic rings. The average molecular weight is 394 g/mol. The third kappa shape index (κ3) is 4.25. The van der Waals surface area contributed by atoms with Gasteiger partial charge in [-0.1, -0.05) is 30.3 Å². The van der Waals surface area contributed by atoms with E-state index in [1.807, 2.05) is 18.2 Å². The zero-order valence-electron chi connectivity index (χ0n) is 15.8. The van der Waals surface area contributed by atoms with Gasteiger partial charge >= 0.3 is 0 Å². The minimum absolute atomic E-state index is 0.185. The molecule has 2 aliphatic heterocycles. The predicted molar refractivity (Wildman–Crippen MR) is 106 cm³/mol. The summed E-state index contributed by atoms with van der Waals surface area (Å²) >= 11 is 0. The van der Waals surface area contributed by atoms with E-state index in [1.54, 1.807) is 29.2 Å². The van der Waals surface area contributed by atoms with E-state index in [0.717, 1.165) is 17.5 Å². The Hall–Kier alpha value is -3.32. The molecule has 2 heterocycles. The van der Waals surface area contributed by atoms with Crippen molar-refractivity contribution < 1.29 is 24.2 Å². The number of hydrogen-bond donors (Lipinski definition) is 2. The first-order valence-electron chi connectivity index (χ1n) is 9.48. The topological polar surface area (TPSA) is 88.1 Å². The zero-order valence-corrected chi connectivity index (χ0v) is 15.8. The smallest absolute Gasteiger partial charge is 0.247 e. The van der Waals surface area contributed by atoms with Crippen molar-refractivity contribution in [3.05, 3.63) is 65.2 Å². The normalized spacial score (nSPS) is 15.8. The largest absolute Gasteiger partial charge is 0.454 e. The van der Waals surface area contributed by atoms with E-state index in [0.29, 0.717) is 24.6 Å². The summed E-state index contributed by atoms with van der Waals surface area (Å²) in [6.07, 6.45) is 3.71. The minimum atomic E-state index is -0.978. The van der Waals surface area contributed by atoms with Crippen LogP contribution in [-0.4, -0.2) is 47.8 Å². The zero-order chi connectivity index (χ0) is 20.2. The summed E-state index contributed by atoms with van der Waals surface area (Å²) in [4.78, 5) is 26.7. The standard InChI is InChI=1S/C22H22N2O5/c25-13-18(22(27)24-10-9-16-3-1-2-4-17(16)12-24)23-21(26)8-6-15-5-7-19-20(11-15)29-14-28-19/h1-8,11,18,25H,9-10,12-14H2,(H,23,26)/t18-/m0/s1. The first kappa shape index (κ1) is 19.0. The van der Waals surface area contributed by atoms with Gasteiger partial charge in [-0.2, -0.15) is 0 Å². The van der Waals surface area contributed by atoms with E-state index < -0.39 is 18.6 Å². The maximum atomic E-state index is 12.8. The molecule has 1 atom stereocenters. The Labute approximate surface area is 168 Å². The maximum Gasteiger partial charge on any atom is 0.247 e. The molecule has 29 heavy (non-hydrogen) atoms. The second-order valence-corrected chi connectivity index (χ2v) is 6.97. The molecule has 2 aliphatic rings. The first-order chi connectivity index (χ1) is 14.1. The number of carbonyl (C=O) groups excluding carboxylic acids is 2. The van der Waals surface area contributed by atoms with Gasteiger partial charge in [-0.3, -0.25) is 9.59 Å². The highest BCUT2D eigenvalue weighted by atomic mass is 16.7. The molecule has 150 valence electrons. The monoisotopic (exact) mass is 394 g/mol. The number of aliphatic hydroxyl groups excluding tert-OH is 1. The van der Waals surface area contributed by atoms with Gasteiger partial charge in [0.05, 0.1) is 6.61 Å². The van der Waals surface area contributed by atoms with Crippen LogP contribution in [0.5, 0.6) is 11.5 Å². The van der Waals surface area contributed by atoms with Crippen LogP contribution in [0.3, 0.4) is 0 Å². The van der Waals surface area contributed by atoms with Gasteiger partial charge in [-0.05, 0) is 41.3 Å². The van der Waals surface area contributed by atoms with Gasteiger partial charge in [0.2, 0.25) is 18.6 Å². The lowest BCUT2D eigenvalue weighted by Crippen LogP contribution is -2.51. The van der Waals surface area contributed by atoms with Crippen molar-refractivity contribution in [2.75, 3.05) is 19.9 Å². The molecule has 7 nitrogen and oxygen atoms in total. The molecule has 0 saturated heterocycles. The van der Waals surface area contributed by atoms with Crippen LogP contribution in [0.2, 0.25) is 0 Å². The van der Waals surface area contributed by atoms with Crippen molar-refractivity contribution in [3.8, 4) is 11.5 Å². The van der Waals surface area contributed by atoms with E-state index >= 15 is 0 Å². The van der Waals surface area contributed by atoms with Gasteiger partial charge in [0, 0.05) is 19.2 Å². The lowest BCUT2D eigenvalue weighted by Gasteiger charge is -2.31. The van der Waals surface area contributed by atoms with E-state index in [-0.39, 0.29) is 12.7 Å². The second kappa shape index (κ2) is 8.36. The molecule has 0 fully saturated rings. The molecule has 0 aromatic heterocycles. The quantitative estimate of drug-likeness (QED) is 0.751. The summed E-state index contributed by atoms with van der Waals surface area (Å²) < 4.78 is 10.6. The van der Waals surface area contributed by atoms with Gasteiger partial charge in [0.15, 0.2) is 11.5 Å². The Balaban J connectivity index is 1.37. The van der Waals surface area contributed by atoms with Gasteiger partial charge in [-0.25, -0.2) is 0 Å². The number of hydrogen-bond acceptors (Lipinski definition) is 5. The highest BCUT2D eigenvalue weighted by Gasteiger charge is 2.27. The number of aliphatic hydroxyl groups is 1. The summed E-state index contributed by atoms with van der Waals surface area (Å²) in [7, 11) is 0. The molecule has 0 saturated carbocycles. The van der Waals surface area contributed by atoms with Gasteiger partial charge < -0.3 is 24.8 Å². The van der Waals surface area contributed by atoms with Crippen LogP contribution in [0.15, 0.2) is 48.5 Å². The van der Waals surface area contributed by atoms with Crippen LogP contribution in [0, 0.1) is 0 Å². The number of nitrogens with zero attached hydrogens (tertiary/aromatic N) is 1. The van der Waals surface area contributed by atoms with Gasteiger partial charge in [-0.15, -0.1) is 0 Å². The number of benzene rings is 2. The van der Waals surface area contributed by atoms with Crippen LogP contribution in [-0.2, 0) is 22.6 Å². The molecular formula is C22H22N2O5. The third-order valence-electron chi connectivity index (χ3n) is 5.06. The Morgan fingerprint density at radius 3 is 2.76 bits per heavy atom. The minimum Gasteiger partial charge on any atom is -0.454 e. The molecule has 2 aromatic carbocycles. The number of carbonyl (C=O) groups is 2. The van der Waals surface area contributed by atoms with E-state index in [9.17, 15) is 14.7 Å². The van der Waals surface area contributed by atoms with Crippen molar-refractivity contribution in [1.82, 2.24) is 10.2 Å². The number of nitrogens with one attached hydrogen (secondary N) is 1. The highest BCUT2D eigenvalue weighted by Crippen LogP contribution is 2.32. The van der Waals surface area contributed by atoms with Crippen molar-refractivity contribution in [2.45, 2.75) is 19.0 Å². The second-order valence-electron chi connectivity index (χ2n) is 6.97. The maximum absolute atomic E-state index is 12.8. The van der Waals surface area contributed by atoms with Gasteiger partial charge in [0.25, 0.3) is 0 Å². The van der Waals surface area contributed by atoms with Gasteiger partial charge in [0.1, 0.15) is 6.04 Å². The van der Waals surface area contributed by atoms with Crippen molar-refractivity contribution in [1.29, 1.82) is 0 Å². The van der Waals surface area contributed by atoms with E-state index in [1.165, 1.54) is 11.6 Å². The van der Waals surface area contributed by atoms with Crippen LogP contribution in [0.1, 0.15) is 16.7 Å². The van der Waals surface area contributed by atoms with E-state index in [4.69, 9.17) is 9.47 Å². The number of amides is 2. The van der Waals surface area contributed by atoms with Crippen LogP contribution in [0.4, 0.5) is 0 Å². The Morgan fingerprint density at radius 1 is 1.14 bits per heavy atom. The fourth-order valence-corrected chi connectivity index (χ4v) is 3.50. The Kier molecular flexibility index (Phi) is 5.48. The highest BCUT2D eigenvalue weighted by molar-refractivity contribution is 5.95. The van der Waals surface area contributed by atoms with Crippen LogP contribution >= 0.6 is 0 Å². The number of rotatable bonds is 5. The molecule has 2 amide bonds. The van der Waals surface area contributed by atoms with Crippen molar-refractivity contribution >= 4 is 17.9 Å². The summed E-state index contributed by atoms with van der Waals surface area (Å²) in [5.41, 5.74) is 3.09. The molecule has 2 N–H and O–H groups in total. The van der Waals surface area contributed by atoms with Crippen LogP contribution < -0.4 is 14.8 Å². The summed E-state index contributed by atoms with van der Waals surface area (Å²) in [6.45, 7) is 0.772. The van der Waals surface area contributed by atoms with Crippen molar-refractivity contribution in [3.63, 3.8) is 0 Å². The number of fused-ring (bicyclic) bond motifs is 2. The molecular weight excluding hydrogens is 372 g/mol. The number of ether oxygens (including phenoxy) is 2. The SMILES string of the molecule is O=C(C=Cc1ccc2c(c1)OCO2)N[C@@H](CO)C(=O)N1CCc2ccccc2C1. The Morgan fingerprint density at radius 2 is 1.93 bits per heavy atom. The molecule has 0 radical (unpaired) electrons.